The lowest BCUT2D eigenvalue weighted by Crippen LogP contribution is -2.37. The molecule has 140 valence electrons. The molecule has 0 radical (unpaired) electrons. The van der Waals surface area contributed by atoms with Crippen molar-refractivity contribution < 1.29 is 22.7 Å². The van der Waals surface area contributed by atoms with Crippen LogP contribution >= 0.6 is 11.6 Å². The number of hydrogen-bond donors (Lipinski definition) is 1. The number of nitrogens with zero attached hydrogens (tertiary/aromatic N) is 2. The van der Waals surface area contributed by atoms with Gasteiger partial charge >= 0.3 is 16.2 Å². The van der Waals surface area contributed by atoms with Crippen molar-refractivity contribution in [2.24, 2.45) is 4.40 Å². The van der Waals surface area contributed by atoms with Crippen LogP contribution in [0.5, 0.6) is 0 Å². The average Bonchev–Trinajstić information content (AvgIpc) is 2.54. The molecule has 0 bridgehead atoms. The molecule has 0 spiro atoms. The van der Waals surface area contributed by atoms with E-state index in [0.29, 0.717) is 20.6 Å². The van der Waals surface area contributed by atoms with E-state index in [2.05, 4.69) is 9.71 Å². The zero-order valence-corrected chi connectivity index (χ0v) is 16.0. The Morgan fingerprint density at radius 1 is 1.31 bits per heavy atom. The molecule has 0 saturated heterocycles. The topological polar surface area (TPSA) is 105 Å². The van der Waals surface area contributed by atoms with E-state index in [1.165, 1.54) is 6.92 Å². The van der Waals surface area contributed by atoms with Crippen LogP contribution in [-0.4, -0.2) is 43.5 Å². The van der Waals surface area contributed by atoms with E-state index in [0.717, 1.165) is 6.20 Å². The minimum Gasteiger partial charge on any atom is -0.462 e. The van der Waals surface area contributed by atoms with Crippen molar-refractivity contribution in [3.05, 3.63) is 40.6 Å². The zero-order valence-electron chi connectivity index (χ0n) is 14.4. The first-order chi connectivity index (χ1) is 12.2. The van der Waals surface area contributed by atoms with Gasteiger partial charge in [0.2, 0.25) is 5.91 Å². The van der Waals surface area contributed by atoms with Crippen LogP contribution in [0.15, 0.2) is 34.4 Å². The Kier molecular flexibility index (Phi) is 6.04. The summed E-state index contributed by atoms with van der Waals surface area (Å²) in [5.41, 5.74) is 1.10. The van der Waals surface area contributed by atoms with Gasteiger partial charge in [-0.15, -0.1) is 4.40 Å². The molecule has 1 aliphatic heterocycles. The fraction of sp³-hybridized carbons (Fsp3) is 0.312. The number of esters is 1. The Balaban J connectivity index is 2.22. The molecule has 0 atom stereocenters. The van der Waals surface area contributed by atoms with Gasteiger partial charge in [-0.3, -0.25) is 4.79 Å². The van der Waals surface area contributed by atoms with Gasteiger partial charge in [0.05, 0.1) is 17.9 Å². The Morgan fingerprint density at radius 2 is 2.00 bits per heavy atom. The Hall–Kier alpha value is -2.39. The third-order valence-electron chi connectivity index (χ3n) is 3.55. The molecule has 0 unspecified atom stereocenters. The monoisotopic (exact) mass is 399 g/mol. The van der Waals surface area contributed by atoms with Crippen LogP contribution in [0.1, 0.15) is 19.4 Å². The lowest BCUT2D eigenvalue weighted by atomic mass is 10.2. The smallest absolute Gasteiger partial charge is 0.344 e. The lowest BCUT2D eigenvalue weighted by Gasteiger charge is -2.23. The van der Waals surface area contributed by atoms with Crippen LogP contribution in [0, 0.1) is 6.92 Å². The largest absolute Gasteiger partial charge is 0.462 e. The molecule has 26 heavy (non-hydrogen) atoms. The molecule has 8 nitrogen and oxygen atoms in total. The van der Waals surface area contributed by atoms with E-state index < -0.39 is 28.6 Å². The Morgan fingerprint density at radius 3 is 2.65 bits per heavy atom. The fourth-order valence-corrected chi connectivity index (χ4v) is 3.43. The third-order valence-corrected chi connectivity index (χ3v) is 5.29. The van der Waals surface area contributed by atoms with Crippen molar-refractivity contribution in [2.75, 3.05) is 18.5 Å². The number of carbonyl (C=O) groups excluding carboxylic acids is 2. The van der Waals surface area contributed by atoms with Gasteiger partial charge in [-0.05, 0) is 38.5 Å². The van der Waals surface area contributed by atoms with Gasteiger partial charge in [0, 0.05) is 16.9 Å². The molecular formula is C16H18ClN3O5S. The Labute approximate surface area is 156 Å². The van der Waals surface area contributed by atoms with Gasteiger partial charge in [-0.25, -0.2) is 9.10 Å². The summed E-state index contributed by atoms with van der Waals surface area (Å²) in [4.78, 5) is 24.2. The van der Waals surface area contributed by atoms with Crippen molar-refractivity contribution in [1.29, 1.82) is 0 Å². The van der Waals surface area contributed by atoms with E-state index in [1.807, 2.05) is 0 Å². The van der Waals surface area contributed by atoms with Gasteiger partial charge in [0.15, 0.2) is 0 Å². The van der Waals surface area contributed by atoms with Gasteiger partial charge in [-0.2, -0.15) is 8.42 Å². The number of nitrogens with one attached hydrogen (secondary N) is 1. The molecule has 10 heteroatoms. The second-order valence-electron chi connectivity index (χ2n) is 5.42. The zero-order chi connectivity index (χ0) is 19.5. The van der Waals surface area contributed by atoms with E-state index in [4.69, 9.17) is 16.3 Å². The third kappa shape index (κ3) is 4.41. The average molecular weight is 400 g/mol. The minimum absolute atomic E-state index is 0.00536. The normalized spacial score (nSPS) is 15.8. The molecule has 1 aromatic rings. The molecule has 1 aliphatic rings. The van der Waals surface area contributed by atoms with Crippen molar-refractivity contribution in [3.8, 4) is 0 Å². The lowest BCUT2D eigenvalue weighted by molar-refractivity contribution is -0.138. The highest BCUT2D eigenvalue weighted by Crippen LogP contribution is 2.23. The van der Waals surface area contributed by atoms with Crippen LogP contribution in [0.25, 0.3) is 0 Å². The van der Waals surface area contributed by atoms with Crippen molar-refractivity contribution >= 4 is 45.1 Å². The maximum Gasteiger partial charge on any atom is 0.344 e. The summed E-state index contributed by atoms with van der Waals surface area (Å²) in [5, 5.41) is 3.06. The summed E-state index contributed by atoms with van der Waals surface area (Å²) in [6, 6.07) is 4.98. The molecule has 1 heterocycles. The van der Waals surface area contributed by atoms with Gasteiger partial charge in [0.1, 0.15) is 6.54 Å². The summed E-state index contributed by atoms with van der Waals surface area (Å²) in [5.74, 6) is -1.31. The predicted molar refractivity (Wildman–Crippen MR) is 98.3 cm³/mol. The first-order valence-electron chi connectivity index (χ1n) is 7.68. The molecule has 1 amide bonds. The SMILES string of the molecule is CCOC(=O)C1=CN(CC(=O)Nc2cccc(Cl)c2C)S(=O)(=O)N=C1C. The minimum atomic E-state index is -4.11. The fourth-order valence-electron chi connectivity index (χ4n) is 2.19. The van der Waals surface area contributed by atoms with Gasteiger partial charge < -0.3 is 10.1 Å². The number of carbonyl (C=O) groups is 2. The maximum atomic E-state index is 12.3. The molecule has 0 aliphatic carbocycles. The first kappa shape index (κ1) is 19.9. The first-order valence-corrected chi connectivity index (χ1v) is 9.45. The number of amides is 1. The van der Waals surface area contributed by atoms with Crippen molar-refractivity contribution in [1.82, 2.24) is 4.31 Å². The van der Waals surface area contributed by atoms with E-state index >= 15 is 0 Å². The number of hydrogen-bond acceptors (Lipinski definition) is 5. The predicted octanol–water partition coefficient (Wildman–Crippen LogP) is 2.06. The van der Waals surface area contributed by atoms with Crippen LogP contribution < -0.4 is 5.32 Å². The maximum absolute atomic E-state index is 12.3. The number of rotatable bonds is 5. The van der Waals surface area contributed by atoms with Crippen LogP contribution in [0.2, 0.25) is 5.02 Å². The molecule has 1 aromatic carbocycles. The van der Waals surface area contributed by atoms with Crippen molar-refractivity contribution in [3.63, 3.8) is 0 Å². The summed E-state index contributed by atoms with van der Waals surface area (Å²) >= 11 is 6.00. The van der Waals surface area contributed by atoms with Crippen molar-refractivity contribution in [2.45, 2.75) is 20.8 Å². The standard InChI is InChI=1S/C16H18ClN3O5S/c1-4-25-16(22)12-8-20(26(23,24)19-11(12)3)9-15(21)18-14-7-5-6-13(17)10(14)2/h5-8H,4,9H2,1-3H3,(H,18,21). The quantitative estimate of drug-likeness (QED) is 0.763. The van der Waals surface area contributed by atoms with Crippen LogP contribution in [0.3, 0.4) is 0 Å². The highest BCUT2D eigenvalue weighted by atomic mass is 35.5. The number of halogens is 1. The summed E-state index contributed by atoms with van der Waals surface area (Å²) in [7, 11) is -4.11. The summed E-state index contributed by atoms with van der Waals surface area (Å²) in [6.07, 6.45) is 1.06. The highest BCUT2D eigenvalue weighted by Gasteiger charge is 2.30. The molecule has 0 saturated carbocycles. The van der Waals surface area contributed by atoms with Gasteiger partial charge in [-0.1, -0.05) is 17.7 Å². The Bertz CT molecular complexity index is 908. The van der Waals surface area contributed by atoms with E-state index in [9.17, 15) is 18.0 Å². The van der Waals surface area contributed by atoms with Gasteiger partial charge in [0.25, 0.3) is 0 Å². The molecule has 0 aromatic heterocycles. The molecule has 1 N–H and O–H groups in total. The number of benzene rings is 1. The van der Waals surface area contributed by atoms with Crippen LogP contribution in [-0.2, 0) is 24.5 Å². The summed E-state index contributed by atoms with van der Waals surface area (Å²) in [6.45, 7) is 4.32. The molecular weight excluding hydrogens is 382 g/mol. The molecule has 0 fully saturated rings. The number of ether oxygens (including phenoxy) is 1. The van der Waals surface area contributed by atoms with E-state index in [-0.39, 0.29) is 17.9 Å². The second kappa shape index (κ2) is 7.88. The second-order valence-corrected chi connectivity index (χ2v) is 7.38. The van der Waals surface area contributed by atoms with E-state index in [1.54, 1.807) is 32.0 Å². The molecule has 2 rings (SSSR count). The number of anilines is 1. The summed E-state index contributed by atoms with van der Waals surface area (Å²) < 4.78 is 33.4. The van der Waals surface area contributed by atoms with Crippen LogP contribution in [0.4, 0.5) is 5.69 Å². The highest BCUT2D eigenvalue weighted by molar-refractivity contribution is 7.88.